The zero-order valence-corrected chi connectivity index (χ0v) is 15.8. The quantitative estimate of drug-likeness (QED) is 0.713. The summed E-state index contributed by atoms with van der Waals surface area (Å²) >= 11 is 0. The molecule has 1 aromatic rings. The molecule has 1 fully saturated rings. The number of hydrogen-bond donors (Lipinski definition) is 2. The molecule has 0 aromatic heterocycles. The monoisotopic (exact) mass is 379 g/mol. The van der Waals surface area contributed by atoms with Crippen LogP contribution in [0.25, 0.3) is 0 Å². The maximum Gasteiger partial charge on any atom is 0.254 e. The predicted octanol–water partition coefficient (Wildman–Crippen LogP) is 2.24. The van der Waals surface area contributed by atoms with Crippen LogP contribution in [0.3, 0.4) is 0 Å². The molecule has 6 nitrogen and oxygen atoms in total. The number of morpholine rings is 1. The number of benzene rings is 1. The van der Waals surface area contributed by atoms with Gasteiger partial charge in [0.25, 0.3) is 5.91 Å². The van der Waals surface area contributed by atoms with E-state index in [1.165, 1.54) is 0 Å². The maximum absolute atomic E-state index is 12.5. The van der Waals surface area contributed by atoms with E-state index in [0.29, 0.717) is 37.5 Å². The summed E-state index contributed by atoms with van der Waals surface area (Å²) in [7, 11) is 0. The fourth-order valence-corrected chi connectivity index (χ4v) is 2.68. The molecule has 2 amide bonds. The lowest BCUT2D eigenvalue weighted by atomic mass is 10.1. The number of halogens is 1. The van der Waals surface area contributed by atoms with Gasteiger partial charge in [0.15, 0.2) is 0 Å². The van der Waals surface area contributed by atoms with Crippen molar-refractivity contribution in [1.82, 2.24) is 10.2 Å². The van der Waals surface area contributed by atoms with Crippen LogP contribution in [0.2, 0.25) is 0 Å². The molecule has 1 aliphatic rings. The highest BCUT2D eigenvalue weighted by Crippen LogP contribution is 2.14. The van der Waals surface area contributed by atoms with E-state index in [9.17, 15) is 9.59 Å². The Kier molecular flexibility index (Phi) is 9.05. The Balaban J connectivity index is 0.00000338. The summed E-state index contributed by atoms with van der Waals surface area (Å²) in [6.07, 6.45) is 3.17. The normalized spacial score (nSPS) is 19.0. The van der Waals surface area contributed by atoms with Gasteiger partial charge in [-0.05, 0) is 31.2 Å². The summed E-state index contributed by atoms with van der Waals surface area (Å²) in [6.45, 7) is 11.4. The largest absolute Gasteiger partial charge is 0.375 e. The number of ether oxygens (including phenoxy) is 1. The Bertz CT molecular complexity index is 623. The van der Waals surface area contributed by atoms with Crippen LogP contribution in [0.4, 0.5) is 5.69 Å². The molecular weight excluding hydrogens is 354 g/mol. The molecule has 0 unspecified atom stereocenters. The van der Waals surface area contributed by atoms with E-state index < -0.39 is 0 Å². The van der Waals surface area contributed by atoms with Gasteiger partial charge >= 0.3 is 0 Å². The first-order valence-electron chi connectivity index (χ1n) is 8.33. The van der Waals surface area contributed by atoms with Crippen LogP contribution < -0.4 is 10.6 Å². The number of carbonyl (C=O) groups excluding carboxylic acids is 2. The Morgan fingerprint density at radius 3 is 2.42 bits per heavy atom. The average Bonchev–Trinajstić information content (AvgIpc) is 2.62. The molecule has 2 N–H and O–H groups in total. The highest BCUT2D eigenvalue weighted by molar-refractivity contribution is 5.97. The van der Waals surface area contributed by atoms with Crippen molar-refractivity contribution in [3.63, 3.8) is 0 Å². The van der Waals surface area contributed by atoms with E-state index in [4.69, 9.17) is 4.74 Å². The minimum atomic E-state index is -0.384. The van der Waals surface area contributed by atoms with Crippen molar-refractivity contribution in [2.75, 3.05) is 31.6 Å². The highest BCUT2D eigenvalue weighted by atomic mass is 35.5. The van der Waals surface area contributed by atoms with Gasteiger partial charge < -0.3 is 20.3 Å². The standard InChI is InChI=1S/C19H25N3O3.ClH/c1-4-11-22(12-5-2)19(24)15-6-8-16(9-7-15)21-18(23)17-14(3)25-13-10-20-17;/h4-9,14,17,20H,1-2,10-13H2,3H3,(H,21,23);1H/t14-,17+;/m1./s1. The van der Waals surface area contributed by atoms with E-state index in [1.54, 1.807) is 41.3 Å². The van der Waals surface area contributed by atoms with Crippen molar-refractivity contribution in [2.24, 2.45) is 0 Å². The zero-order chi connectivity index (χ0) is 18.2. The number of nitrogens with one attached hydrogen (secondary N) is 2. The summed E-state index contributed by atoms with van der Waals surface area (Å²) in [4.78, 5) is 26.4. The number of amides is 2. The van der Waals surface area contributed by atoms with E-state index >= 15 is 0 Å². The molecule has 0 bridgehead atoms. The molecule has 7 heteroatoms. The number of carbonyl (C=O) groups is 2. The highest BCUT2D eigenvalue weighted by Gasteiger charge is 2.28. The van der Waals surface area contributed by atoms with Crippen molar-refractivity contribution < 1.29 is 14.3 Å². The first-order valence-corrected chi connectivity index (χ1v) is 8.33. The second-order valence-corrected chi connectivity index (χ2v) is 5.86. The van der Waals surface area contributed by atoms with E-state index in [2.05, 4.69) is 23.8 Å². The third kappa shape index (κ3) is 5.69. The maximum atomic E-state index is 12.5. The summed E-state index contributed by atoms with van der Waals surface area (Å²) < 4.78 is 5.48. The summed E-state index contributed by atoms with van der Waals surface area (Å²) in [5.41, 5.74) is 1.19. The molecule has 2 atom stereocenters. The van der Waals surface area contributed by atoms with Crippen LogP contribution in [-0.4, -0.2) is 55.1 Å². The molecule has 26 heavy (non-hydrogen) atoms. The lowest BCUT2D eigenvalue weighted by Crippen LogP contribution is -2.53. The first-order chi connectivity index (χ1) is 12.1. The molecule has 2 rings (SSSR count). The lowest BCUT2D eigenvalue weighted by Gasteiger charge is -2.29. The molecule has 1 aromatic carbocycles. The fraction of sp³-hybridized carbons (Fsp3) is 0.368. The smallest absolute Gasteiger partial charge is 0.254 e. The van der Waals surface area contributed by atoms with E-state index in [-0.39, 0.29) is 36.4 Å². The average molecular weight is 380 g/mol. The topological polar surface area (TPSA) is 70.7 Å². The van der Waals surface area contributed by atoms with Gasteiger partial charge in [-0.15, -0.1) is 25.6 Å². The van der Waals surface area contributed by atoms with Gasteiger partial charge in [0.05, 0.1) is 12.7 Å². The number of rotatable bonds is 7. The van der Waals surface area contributed by atoms with Gasteiger partial charge in [0, 0.05) is 30.9 Å². The van der Waals surface area contributed by atoms with Crippen LogP contribution in [-0.2, 0) is 9.53 Å². The minimum absolute atomic E-state index is 0. The minimum Gasteiger partial charge on any atom is -0.375 e. The van der Waals surface area contributed by atoms with Gasteiger partial charge in [-0.25, -0.2) is 0 Å². The summed E-state index contributed by atoms with van der Waals surface area (Å²) in [5, 5.41) is 5.99. The zero-order valence-electron chi connectivity index (χ0n) is 14.9. The molecular formula is C19H26ClN3O3. The molecule has 0 spiro atoms. The molecule has 0 radical (unpaired) electrons. The molecule has 1 heterocycles. The molecule has 1 aliphatic heterocycles. The summed E-state index contributed by atoms with van der Waals surface area (Å²) in [5.74, 6) is -0.250. The third-order valence-corrected chi connectivity index (χ3v) is 3.98. The SMILES string of the molecule is C=CCN(CC=C)C(=O)c1ccc(NC(=O)[C@H]2NCCO[C@@H]2C)cc1.Cl. The lowest BCUT2D eigenvalue weighted by molar-refractivity contribution is -0.123. The van der Waals surface area contributed by atoms with Crippen molar-refractivity contribution in [2.45, 2.75) is 19.1 Å². The first kappa shape index (κ1) is 21.9. The van der Waals surface area contributed by atoms with Crippen LogP contribution in [0, 0.1) is 0 Å². The van der Waals surface area contributed by atoms with Crippen LogP contribution >= 0.6 is 12.4 Å². The Morgan fingerprint density at radius 1 is 1.27 bits per heavy atom. The van der Waals surface area contributed by atoms with Crippen molar-refractivity contribution in [1.29, 1.82) is 0 Å². The van der Waals surface area contributed by atoms with Crippen LogP contribution in [0.1, 0.15) is 17.3 Å². The number of anilines is 1. The number of nitrogens with zero attached hydrogens (tertiary/aromatic N) is 1. The molecule has 142 valence electrons. The second kappa shape index (κ2) is 10.8. The fourth-order valence-electron chi connectivity index (χ4n) is 2.68. The Hall–Kier alpha value is -2.15. The van der Waals surface area contributed by atoms with E-state index in [1.807, 2.05) is 6.92 Å². The van der Waals surface area contributed by atoms with Crippen molar-refractivity contribution in [3.8, 4) is 0 Å². The predicted molar refractivity (Wildman–Crippen MR) is 106 cm³/mol. The Labute approximate surface area is 160 Å². The molecule has 1 saturated heterocycles. The Morgan fingerprint density at radius 2 is 1.88 bits per heavy atom. The molecule has 0 saturated carbocycles. The van der Waals surface area contributed by atoms with Gasteiger partial charge in [-0.3, -0.25) is 9.59 Å². The van der Waals surface area contributed by atoms with Gasteiger partial charge in [-0.2, -0.15) is 0 Å². The summed E-state index contributed by atoms with van der Waals surface area (Å²) in [6, 6.07) is 6.46. The third-order valence-electron chi connectivity index (χ3n) is 3.98. The number of hydrogen-bond acceptors (Lipinski definition) is 4. The van der Waals surface area contributed by atoms with Crippen LogP contribution in [0.5, 0.6) is 0 Å². The second-order valence-electron chi connectivity index (χ2n) is 5.86. The van der Waals surface area contributed by atoms with Gasteiger partial charge in [-0.1, -0.05) is 12.2 Å². The van der Waals surface area contributed by atoms with E-state index in [0.717, 1.165) is 0 Å². The van der Waals surface area contributed by atoms with Gasteiger partial charge in [0.1, 0.15) is 6.04 Å². The molecule has 0 aliphatic carbocycles. The van der Waals surface area contributed by atoms with Crippen molar-refractivity contribution >= 4 is 29.9 Å². The van der Waals surface area contributed by atoms with Crippen LogP contribution in [0.15, 0.2) is 49.6 Å². The van der Waals surface area contributed by atoms with Gasteiger partial charge in [0.2, 0.25) is 5.91 Å². The van der Waals surface area contributed by atoms with Crippen molar-refractivity contribution in [3.05, 3.63) is 55.1 Å².